The van der Waals surface area contributed by atoms with Gasteiger partial charge in [-0.15, -0.1) is 0 Å². The first kappa shape index (κ1) is 15.5. The Hall–Kier alpha value is -2.51. The van der Waals surface area contributed by atoms with Crippen molar-refractivity contribution in [1.82, 2.24) is 0 Å². The summed E-state index contributed by atoms with van der Waals surface area (Å²) in [5.41, 5.74) is 1.99. The molecule has 0 aromatic heterocycles. The van der Waals surface area contributed by atoms with E-state index in [1.807, 2.05) is 13.8 Å². The lowest BCUT2D eigenvalue weighted by molar-refractivity contribution is -0.393. The number of hydrogen-bond donors (Lipinski definition) is 1. The van der Waals surface area contributed by atoms with Crippen LogP contribution in [0.5, 0.6) is 0 Å². The van der Waals surface area contributed by atoms with E-state index in [9.17, 15) is 20.2 Å². The van der Waals surface area contributed by atoms with E-state index < -0.39 is 9.85 Å². The molecule has 1 aromatic rings. The summed E-state index contributed by atoms with van der Waals surface area (Å²) in [5.74, 6) is 0.291. The van der Waals surface area contributed by atoms with E-state index in [-0.39, 0.29) is 17.1 Å². The standard InChI is InChI=1S/C12H16N4O4/c1-3-9(4-2)8-13-14-11-6-5-10(15(17)18)7-12(11)16(19)20/h5-9,14H,3-4H2,1-2H3. The van der Waals surface area contributed by atoms with Gasteiger partial charge in [-0.05, 0) is 24.8 Å². The number of benzene rings is 1. The molecule has 0 fully saturated rings. The molecule has 0 unspecified atom stereocenters. The third kappa shape index (κ3) is 4.01. The van der Waals surface area contributed by atoms with Crippen molar-refractivity contribution in [2.24, 2.45) is 11.0 Å². The number of anilines is 1. The number of nitrogens with one attached hydrogen (secondary N) is 1. The Labute approximate surface area is 115 Å². The number of non-ortho nitro benzene ring substituents is 1. The molecule has 0 aliphatic rings. The monoisotopic (exact) mass is 280 g/mol. The van der Waals surface area contributed by atoms with Crippen LogP contribution in [0, 0.1) is 26.1 Å². The van der Waals surface area contributed by atoms with Gasteiger partial charge in [-0.2, -0.15) is 5.10 Å². The Kier molecular flexibility index (Phi) is 5.57. The number of nitrogens with zero attached hydrogens (tertiary/aromatic N) is 3. The topological polar surface area (TPSA) is 111 Å². The van der Waals surface area contributed by atoms with Crippen molar-refractivity contribution in [3.63, 3.8) is 0 Å². The van der Waals surface area contributed by atoms with E-state index in [1.54, 1.807) is 6.21 Å². The zero-order valence-corrected chi connectivity index (χ0v) is 11.3. The molecule has 0 aliphatic heterocycles. The molecule has 8 nitrogen and oxygen atoms in total. The second kappa shape index (κ2) is 7.17. The highest BCUT2D eigenvalue weighted by atomic mass is 16.6. The zero-order valence-electron chi connectivity index (χ0n) is 11.3. The van der Waals surface area contributed by atoms with Crippen LogP contribution in [-0.2, 0) is 0 Å². The van der Waals surface area contributed by atoms with Gasteiger partial charge < -0.3 is 0 Å². The van der Waals surface area contributed by atoms with Crippen LogP contribution >= 0.6 is 0 Å². The first-order chi connectivity index (χ1) is 9.49. The third-order valence-electron chi connectivity index (χ3n) is 2.91. The van der Waals surface area contributed by atoms with Gasteiger partial charge in [-0.3, -0.25) is 25.7 Å². The molecule has 0 spiro atoms. The SMILES string of the molecule is CCC(C=NNc1ccc([N+](=O)[O-])cc1[N+](=O)[O-])CC. The van der Waals surface area contributed by atoms with Crippen LogP contribution in [0.25, 0.3) is 0 Å². The molecule has 0 saturated carbocycles. The minimum absolute atomic E-state index is 0.128. The zero-order chi connectivity index (χ0) is 15.1. The fraction of sp³-hybridized carbons (Fsp3) is 0.417. The molecule has 0 aliphatic carbocycles. The number of hydrazone groups is 1. The highest BCUT2D eigenvalue weighted by Crippen LogP contribution is 2.28. The Morgan fingerprint density at radius 2 is 1.90 bits per heavy atom. The van der Waals surface area contributed by atoms with Crippen molar-refractivity contribution in [1.29, 1.82) is 0 Å². The molecular weight excluding hydrogens is 264 g/mol. The summed E-state index contributed by atoms with van der Waals surface area (Å²) >= 11 is 0. The van der Waals surface area contributed by atoms with Crippen molar-refractivity contribution < 1.29 is 9.85 Å². The van der Waals surface area contributed by atoms with Gasteiger partial charge >= 0.3 is 5.69 Å². The molecule has 0 atom stereocenters. The van der Waals surface area contributed by atoms with Gasteiger partial charge in [-0.1, -0.05) is 13.8 Å². The summed E-state index contributed by atoms with van der Waals surface area (Å²) < 4.78 is 0. The van der Waals surface area contributed by atoms with Gasteiger partial charge in [0.05, 0.1) is 15.9 Å². The van der Waals surface area contributed by atoms with E-state index in [0.29, 0.717) is 5.92 Å². The molecule has 1 aromatic carbocycles. The Morgan fingerprint density at radius 3 is 2.40 bits per heavy atom. The van der Waals surface area contributed by atoms with Crippen molar-refractivity contribution in [3.05, 3.63) is 38.4 Å². The van der Waals surface area contributed by atoms with Crippen molar-refractivity contribution in [2.45, 2.75) is 26.7 Å². The molecule has 0 amide bonds. The van der Waals surface area contributed by atoms with Crippen LogP contribution < -0.4 is 5.43 Å². The first-order valence-corrected chi connectivity index (χ1v) is 6.21. The minimum atomic E-state index is -0.679. The minimum Gasteiger partial charge on any atom is -0.272 e. The average molecular weight is 280 g/mol. The molecule has 8 heteroatoms. The van der Waals surface area contributed by atoms with Crippen molar-refractivity contribution >= 4 is 23.3 Å². The number of hydrogen-bond acceptors (Lipinski definition) is 6. The lowest BCUT2D eigenvalue weighted by Crippen LogP contribution is -2.02. The molecule has 0 radical (unpaired) electrons. The van der Waals surface area contributed by atoms with Gasteiger partial charge in [0.25, 0.3) is 5.69 Å². The average Bonchev–Trinajstić information content (AvgIpc) is 2.43. The Bertz CT molecular complexity index is 526. The maximum Gasteiger partial charge on any atom is 0.301 e. The van der Waals surface area contributed by atoms with Crippen LogP contribution in [0.3, 0.4) is 0 Å². The predicted octanol–water partition coefficient (Wildman–Crippen LogP) is 3.34. The van der Waals surface area contributed by atoms with Gasteiger partial charge in [-0.25, -0.2) is 0 Å². The van der Waals surface area contributed by atoms with E-state index in [0.717, 1.165) is 18.9 Å². The molecular formula is C12H16N4O4. The van der Waals surface area contributed by atoms with Crippen LogP contribution in [0.1, 0.15) is 26.7 Å². The molecule has 108 valence electrons. The summed E-state index contributed by atoms with van der Waals surface area (Å²) in [4.78, 5) is 20.1. The summed E-state index contributed by atoms with van der Waals surface area (Å²) in [5, 5.41) is 25.4. The van der Waals surface area contributed by atoms with Crippen molar-refractivity contribution in [2.75, 3.05) is 5.43 Å². The summed E-state index contributed by atoms with van der Waals surface area (Å²) in [6, 6.07) is 3.39. The van der Waals surface area contributed by atoms with Crippen LogP contribution in [-0.4, -0.2) is 16.1 Å². The number of nitro groups is 2. The Morgan fingerprint density at radius 1 is 1.25 bits per heavy atom. The first-order valence-electron chi connectivity index (χ1n) is 6.21. The lowest BCUT2D eigenvalue weighted by Gasteiger charge is -2.05. The van der Waals surface area contributed by atoms with Crippen LogP contribution in [0.15, 0.2) is 23.3 Å². The maximum atomic E-state index is 10.9. The van der Waals surface area contributed by atoms with E-state index in [1.165, 1.54) is 12.1 Å². The summed E-state index contributed by atoms with van der Waals surface area (Å²) in [6.07, 6.45) is 3.53. The second-order valence-corrected chi connectivity index (χ2v) is 4.18. The van der Waals surface area contributed by atoms with Gasteiger partial charge in [0.15, 0.2) is 0 Å². The van der Waals surface area contributed by atoms with E-state index in [2.05, 4.69) is 10.5 Å². The van der Waals surface area contributed by atoms with Gasteiger partial charge in [0.1, 0.15) is 5.69 Å². The normalized spacial score (nSPS) is 10.9. The molecule has 20 heavy (non-hydrogen) atoms. The molecule has 0 saturated heterocycles. The highest BCUT2D eigenvalue weighted by Gasteiger charge is 2.19. The molecule has 1 rings (SSSR count). The van der Waals surface area contributed by atoms with Crippen molar-refractivity contribution in [3.8, 4) is 0 Å². The predicted molar refractivity (Wildman–Crippen MR) is 75.9 cm³/mol. The van der Waals surface area contributed by atoms with E-state index in [4.69, 9.17) is 0 Å². The summed E-state index contributed by atoms with van der Waals surface area (Å²) in [6.45, 7) is 4.04. The van der Waals surface area contributed by atoms with Crippen LogP contribution in [0.2, 0.25) is 0 Å². The fourth-order valence-electron chi connectivity index (χ4n) is 1.59. The third-order valence-corrected chi connectivity index (χ3v) is 2.91. The fourth-order valence-corrected chi connectivity index (χ4v) is 1.59. The molecule has 1 N–H and O–H groups in total. The molecule has 0 bridgehead atoms. The summed E-state index contributed by atoms with van der Waals surface area (Å²) in [7, 11) is 0. The second-order valence-electron chi connectivity index (χ2n) is 4.18. The smallest absolute Gasteiger partial charge is 0.272 e. The van der Waals surface area contributed by atoms with E-state index >= 15 is 0 Å². The lowest BCUT2D eigenvalue weighted by atomic mass is 10.1. The number of rotatable bonds is 7. The molecule has 0 heterocycles. The quantitative estimate of drug-likeness (QED) is 0.467. The highest BCUT2D eigenvalue weighted by molar-refractivity contribution is 5.68. The van der Waals surface area contributed by atoms with Crippen LogP contribution in [0.4, 0.5) is 17.1 Å². The van der Waals surface area contributed by atoms with Gasteiger partial charge in [0.2, 0.25) is 0 Å². The van der Waals surface area contributed by atoms with Gasteiger partial charge in [0, 0.05) is 12.3 Å². The number of nitro benzene ring substituents is 2. The largest absolute Gasteiger partial charge is 0.301 e. The Balaban J connectivity index is 2.95. The maximum absolute atomic E-state index is 10.9.